The number of aryl methyl sites for hydroxylation is 3. The Bertz CT molecular complexity index is 330. The van der Waals surface area contributed by atoms with Crippen LogP contribution in [-0.2, 0) is 16.0 Å². The number of benzene rings is 1. The summed E-state index contributed by atoms with van der Waals surface area (Å²) in [7, 11) is 1.42. The summed E-state index contributed by atoms with van der Waals surface area (Å²) in [4.78, 5) is 11.1. The smallest absolute Gasteiger partial charge is 0.309 e. The number of ether oxygens (including phenoxy) is 1. The van der Waals surface area contributed by atoms with E-state index >= 15 is 0 Å². The fraction of sp³-hybridized carbons (Fsp3) is 0.417. The highest BCUT2D eigenvalue weighted by Crippen LogP contribution is 2.17. The van der Waals surface area contributed by atoms with Crippen LogP contribution in [0, 0.1) is 20.8 Å². The van der Waals surface area contributed by atoms with E-state index < -0.39 is 0 Å². The fourth-order valence-electron chi connectivity index (χ4n) is 1.71. The molecule has 1 aromatic carbocycles. The molecule has 0 atom stereocenters. The molecule has 0 fully saturated rings. The van der Waals surface area contributed by atoms with Crippen molar-refractivity contribution in [1.82, 2.24) is 0 Å². The maximum Gasteiger partial charge on any atom is 0.309 e. The van der Waals surface area contributed by atoms with Crippen LogP contribution in [0.2, 0.25) is 0 Å². The van der Waals surface area contributed by atoms with Gasteiger partial charge in [-0.25, -0.2) is 0 Å². The first-order chi connectivity index (χ1) is 6.54. The molecule has 0 saturated carbocycles. The van der Waals surface area contributed by atoms with E-state index in [0.717, 1.165) is 16.7 Å². The zero-order chi connectivity index (χ0) is 10.7. The van der Waals surface area contributed by atoms with Crippen LogP contribution in [0.3, 0.4) is 0 Å². The van der Waals surface area contributed by atoms with Gasteiger partial charge in [-0.2, -0.15) is 0 Å². The molecular formula is C12H16O2. The number of carbonyl (C=O) groups excluding carboxylic acids is 1. The Morgan fingerprint density at radius 2 is 1.71 bits per heavy atom. The first kappa shape index (κ1) is 10.8. The van der Waals surface area contributed by atoms with Crippen molar-refractivity contribution in [3.63, 3.8) is 0 Å². The first-order valence-electron chi connectivity index (χ1n) is 4.68. The molecule has 0 aromatic heterocycles. The topological polar surface area (TPSA) is 26.3 Å². The molecule has 1 rings (SSSR count). The summed E-state index contributed by atoms with van der Waals surface area (Å²) in [5.74, 6) is -0.181. The lowest BCUT2D eigenvalue weighted by molar-refractivity contribution is -0.139. The molecule has 14 heavy (non-hydrogen) atoms. The summed E-state index contributed by atoms with van der Waals surface area (Å²) in [6, 6.07) is 4.18. The van der Waals surface area contributed by atoms with Gasteiger partial charge in [-0.3, -0.25) is 4.79 Å². The average Bonchev–Trinajstić information content (AvgIpc) is 2.10. The molecule has 2 nitrogen and oxygen atoms in total. The van der Waals surface area contributed by atoms with Crippen molar-refractivity contribution in [3.8, 4) is 0 Å². The zero-order valence-corrected chi connectivity index (χ0v) is 9.18. The molecule has 0 aliphatic carbocycles. The van der Waals surface area contributed by atoms with Crippen molar-refractivity contribution in [2.75, 3.05) is 7.11 Å². The summed E-state index contributed by atoms with van der Waals surface area (Å²) in [5, 5.41) is 0. The van der Waals surface area contributed by atoms with Crippen LogP contribution in [0.1, 0.15) is 22.3 Å². The molecular weight excluding hydrogens is 176 g/mol. The third-order valence-corrected chi connectivity index (χ3v) is 2.39. The maximum absolute atomic E-state index is 11.1. The molecule has 2 heteroatoms. The molecule has 0 radical (unpaired) electrons. The van der Waals surface area contributed by atoms with E-state index in [0.29, 0.717) is 6.42 Å². The molecule has 0 aliphatic rings. The second kappa shape index (κ2) is 4.27. The van der Waals surface area contributed by atoms with E-state index in [1.165, 1.54) is 12.7 Å². The molecule has 76 valence electrons. The Balaban J connectivity index is 3.02. The van der Waals surface area contributed by atoms with Gasteiger partial charge in [0.25, 0.3) is 0 Å². The second-order valence-corrected chi connectivity index (χ2v) is 3.63. The highest BCUT2D eigenvalue weighted by atomic mass is 16.5. The molecule has 1 aromatic rings. The fourth-order valence-corrected chi connectivity index (χ4v) is 1.71. The van der Waals surface area contributed by atoms with Crippen LogP contribution in [0.15, 0.2) is 12.1 Å². The molecule has 0 aliphatic heterocycles. The normalized spacial score (nSPS) is 10.0. The van der Waals surface area contributed by atoms with Crippen LogP contribution in [0.5, 0.6) is 0 Å². The number of esters is 1. The van der Waals surface area contributed by atoms with Gasteiger partial charge in [0.1, 0.15) is 0 Å². The maximum atomic E-state index is 11.1. The lowest BCUT2D eigenvalue weighted by Gasteiger charge is -2.09. The quantitative estimate of drug-likeness (QED) is 0.672. The minimum absolute atomic E-state index is 0.181. The third-order valence-electron chi connectivity index (χ3n) is 2.39. The lowest BCUT2D eigenvalue weighted by atomic mass is 9.97. The second-order valence-electron chi connectivity index (χ2n) is 3.63. The average molecular weight is 192 g/mol. The van der Waals surface area contributed by atoms with Gasteiger partial charge in [-0.1, -0.05) is 17.7 Å². The molecule has 0 amide bonds. The Kier molecular flexibility index (Phi) is 3.28. The van der Waals surface area contributed by atoms with Crippen molar-refractivity contribution < 1.29 is 9.53 Å². The summed E-state index contributed by atoms with van der Waals surface area (Å²) >= 11 is 0. The van der Waals surface area contributed by atoms with Gasteiger partial charge in [0.05, 0.1) is 13.5 Å². The van der Waals surface area contributed by atoms with E-state index in [4.69, 9.17) is 0 Å². The highest BCUT2D eigenvalue weighted by Gasteiger charge is 2.08. The SMILES string of the molecule is COC(=O)Cc1c(C)cc(C)cc1C. The van der Waals surface area contributed by atoms with Crippen LogP contribution < -0.4 is 0 Å². The predicted octanol–water partition coefficient (Wildman–Crippen LogP) is 2.33. The lowest BCUT2D eigenvalue weighted by Crippen LogP contribution is -2.07. The minimum atomic E-state index is -0.181. The predicted molar refractivity (Wildman–Crippen MR) is 56.4 cm³/mol. The molecule has 0 N–H and O–H groups in total. The van der Waals surface area contributed by atoms with Gasteiger partial charge in [0, 0.05) is 0 Å². The molecule has 0 saturated heterocycles. The van der Waals surface area contributed by atoms with E-state index in [2.05, 4.69) is 23.8 Å². The summed E-state index contributed by atoms with van der Waals surface area (Å²) < 4.78 is 4.66. The first-order valence-corrected chi connectivity index (χ1v) is 4.68. The Morgan fingerprint density at radius 3 is 2.14 bits per heavy atom. The van der Waals surface area contributed by atoms with Crippen LogP contribution in [0.4, 0.5) is 0 Å². The van der Waals surface area contributed by atoms with Gasteiger partial charge >= 0.3 is 5.97 Å². The highest BCUT2D eigenvalue weighted by molar-refractivity contribution is 5.73. The summed E-state index contributed by atoms with van der Waals surface area (Å²) in [6.45, 7) is 6.11. The summed E-state index contributed by atoms with van der Waals surface area (Å²) in [5.41, 5.74) is 4.64. The van der Waals surface area contributed by atoms with Crippen molar-refractivity contribution >= 4 is 5.97 Å². The van der Waals surface area contributed by atoms with Crippen molar-refractivity contribution in [1.29, 1.82) is 0 Å². The molecule has 0 unspecified atom stereocenters. The van der Waals surface area contributed by atoms with Gasteiger partial charge in [0.15, 0.2) is 0 Å². The largest absolute Gasteiger partial charge is 0.469 e. The van der Waals surface area contributed by atoms with E-state index in [-0.39, 0.29) is 5.97 Å². The monoisotopic (exact) mass is 192 g/mol. The Hall–Kier alpha value is -1.31. The van der Waals surface area contributed by atoms with E-state index in [1.54, 1.807) is 0 Å². The molecule has 0 spiro atoms. The van der Waals surface area contributed by atoms with Gasteiger partial charge in [-0.15, -0.1) is 0 Å². The number of carbonyl (C=O) groups is 1. The van der Waals surface area contributed by atoms with Crippen molar-refractivity contribution in [2.24, 2.45) is 0 Å². The number of hydrogen-bond acceptors (Lipinski definition) is 2. The molecule has 0 heterocycles. The molecule has 0 bridgehead atoms. The number of rotatable bonds is 2. The third kappa shape index (κ3) is 2.34. The standard InChI is InChI=1S/C12H16O2/c1-8-5-9(2)11(10(3)6-8)7-12(13)14-4/h5-6H,7H2,1-4H3. The van der Waals surface area contributed by atoms with Crippen molar-refractivity contribution in [3.05, 3.63) is 34.4 Å². The van der Waals surface area contributed by atoms with Gasteiger partial charge < -0.3 is 4.74 Å². The van der Waals surface area contributed by atoms with Gasteiger partial charge in [0.2, 0.25) is 0 Å². The minimum Gasteiger partial charge on any atom is -0.469 e. The van der Waals surface area contributed by atoms with Crippen LogP contribution >= 0.6 is 0 Å². The van der Waals surface area contributed by atoms with Gasteiger partial charge in [-0.05, 0) is 37.5 Å². The van der Waals surface area contributed by atoms with Crippen molar-refractivity contribution in [2.45, 2.75) is 27.2 Å². The van der Waals surface area contributed by atoms with Crippen LogP contribution in [0.25, 0.3) is 0 Å². The van der Waals surface area contributed by atoms with E-state index in [1.807, 2.05) is 13.8 Å². The van der Waals surface area contributed by atoms with E-state index in [9.17, 15) is 4.79 Å². The number of hydrogen-bond donors (Lipinski definition) is 0. The zero-order valence-electron chi connectivity index (χ0n) is 9.18. The van der Waals surface area contributed by atoms with Crippen LogP contribution in [-0.4, -0.2) is 13.1 Å². The Labute approximate surface area is 84.9 Å². The summed E-state index contributed by atoms with van der Waals surface area (Å²) in [6.07, 6.45) is 0.369. The Morgan fingerprint density at radius 1 is 1.21 bits per heavy atom. The number of methoxy groups -OCH3 is 1.